The minimum absolute atomic E-state index is 0.0434. The van der Waals surface area contributed by atoms with Crippen molar-refractivity contribution in [3.05, 3.63) is 24.0 Å². The molecule has 2 heterocycles. The summed E-state index contributed by atoms with van der Waals surface area (Å²) in [5.74, 6) is -1.36. The van der Waals surface area contributed by atoms with E-state index in [1.807, 2.05) is 13.8 Å². The zero-order valence-corrected chi connectivity index (χ0v) is 12.5. The molecule has 0 bridgehead atoms. The number of pyridine rings is 1. The Morgan fingerprint density at radius 3 is 2.68 bits per heavy atom. The Kier molecular flexibility index (Phi) is 3.56. The standard InChI is InChI=1S/C15H18N4O3/c1-8(2)19-13-10(7-17-19)5-11(6-16-13)14(20)18-12(15(21)22)9-3-4-9/h5-9,12H,3-4H2,1-2H3,(H,18,20)(H,21,22). The first-order valence-corrected chi connectivity index (χ1v) is 7.34. The summed E-state index contributed by atoms with van der Waals surface area (Å²) >= 11 is 0. The molecule has 0 saturated heterocycles. The molecule has 0 aromatic carbocycles. The van der Waals surface area contributed by atoms with Crippen LogP contribution in [-0.4, -0.2) is 37.8 Å². The summed E-state index contributed by atoms with van der Waals surface area (Å²) in [5, 5.41) is 16.8. The molecule has 0 aliphatic heterocycles. The van der Waals surface area contributed by atoms with Gasteiger partial charge in [0, 0.05) is 17.6 Å². The van der Waals surface area contributed by atoms with Crippen LogP contribution in [0.15, 0.2) is 18.5 Å². The number of nitrogens with one attached hydrogen (secondary N) is 1. The maximum atomic E-state index is 12.2. The SMILES string of the molecule is CC(C)n1ncc2cc(C(=O)NC(C(=O)O)C3CC3)cnc21. The zero-order chi connectivity index (χ0) is 15.9. The van der Waals surface area contributed by atoms with E-state index in [9.17, 15) is 14.7 Å². The summed E-state index contributed by atoms with van der Waals surface area (Å²) in [4.78, 5) is 27.7. The molecule has 7 heteroatoms. The van der Waals surface area contributed by atoms with Gasteiger partial charge in [0.1, 0.15) is 6.04 Å². The fourth-order valence-electron chi connectivity index (χ4n) is 2.48. The summed E-state index contributed by atoms with van der Waals surface area (Å²) < 4.78 is 1.78. The highest BCUT2D eigenvalue weighted by Gasteiger charge is 2.37. The lowest BCUT2D eigenvalue weighted by atomic mass is 10.1. The number of carbonyl (C=O) groups is 2. The van der Waals surface area contributed by atoms with Gasteiger partial charge in [-0.1, -0.05) is 0 Å². The highest BCUT2D eigenvalue weighted by molar-refractivity contribution is 5.98. The molecule has 2 N–H and O–H groups in total. The molecule has 116 valence electrons. The molecule has 1 unspecified atom stereocenters. The minimum atomic E-state index is -0.988. The number of aromatic nitrogens is 3. The predicted molar refractivity (Wildman–Crippen MR) is 79.5 cm³/mol. The first-order valence-electron chi connectivity index (χ1n) is 7.34. The first kappa shape index (κ1) is 14.5. The van der Waals surface area contributed by atoms with Gasteiger partial charge in [-0.05, 0) is 38.7 Å². The van der Waals surface area contributed by atoms with Crippen LogP contribution in [0.2, 0.25) is 0 Å². The van der Waals surface area contributed by atoms with Crippen LogP contribution in [0, 0.1) is 5.92 Å². The van der Waals surface area contributed by atoms with Crippen LogP contribution < -0.4 is 5.32 Å². The highest BCUT2D eigenvalue weighted by atomic mass is 16.4. The van der Waals surface area contributed by atoms with Crippen LogP contribution in [0.25, 0.3) is 11.0 Å². The molecular weight excluding hydrogens is 284 g/mol. The molecule has 0 spiro atoms. The van der Waals surface area contributed by atoms with E-state index in [1.54, 1.807) is 16.9 Å². The van der Waals surface area contributed by atoms with Gasteiger partial charge in [0.15, 0.2) is 5.65 Å². The van der Waals surface area contributed by atoms with E-state index in [0.29, 0.717) is 11.2 Å². The molecule has 1 amide bonds. The lowest BCUT2D eigenvalue weighted by Crippen LogP contribution is -2.42. The van der Waals surface area contributed by atoms with Crippen molar-refractivity contribution in [2.45, 2.75) is 38.8 Å². The second-order valence-electron chi connectivity index (χ2n) is 5.95. The Bertz CT molecular complexity index is 733. The number of amides is 1. The van der Waals surface area contributed by atoms with Gasteiger partial charge < -0.3 is 10.4 Å². The molecule has 1 saturated carbocycles. The Morgan fingerprint density at radius 2 is 2.09 bits per heavy atom. The van der Waals surface area contributed by atoms with Crippen molar-refractivity contribution in [3.8, 4) is 0 Å². The molecule has 3 rings (SSSR count). The van der Waals surface area contributed by atoms with E-state index < -0.39 is 17.9 Å². The van der Waals surface area contributed by atoms with Crippen LogP contribution >= 0.6 is 0 Å². The number of carboxylic acid groups (broad SMARTS) is 1. The molecule has 1 aliphatic rings. The first-order chi connectivity index (χ1) is 10.5. The summed E-state index contributed by atoms with van der Waals surface area (Å²) in [6, 6.07) is 1.05. The van der Waals surface area contributed by atoms with Crippen molar-refractivity contribution >= 4 is 22.9 Å². The second kappa shape index (κ2) is 5.40. The molecule has 2 aromatic rings. The Morgan fingerprint density at radius 1 is 1.36 bits per heavy atom. The van der Waals surface area contributed by atoms with Gasteiger partial charge in [-0.2, -0.15) is 5.10 Å². The summed E-state index contributed by atoms with van der Waals surface area (Å²) in [6.07, 6.45) is 4.81. The smallest absolute Gasteiger partial charge is 0.326 e. The van der Waals surface area contributed by atoms with Gasteiger partial charge in [-0.25, -0.2) is 14.5 Å². The van der Waals surface area contributed by atoms with Crippen LogP contribution in [0.5, 0.6) is 0 Å². The van der Waals surface area contributed by atoms with Crippen molar-refractivity contribution in [2.24, 2.45) is 5.92 Å². The minimum Gasteiger partial charge on any atom is -0.480 e. The van der Waals surface area contributed by atoms with E-state index in [1.165, 1.54) is 6.20 Å². The number of nitrogens with zero attached hydrogens (tertiary/aromatic N) is 3. The molecule has 1 atom stereocenters. The largest absolute Gasteiger partial charge is 0.480 e. The molecule has 1 aliphatic carbocycles. The van der Waals surface area contributed by atoms with E-state index >= 15 is 0 Å². The maximum absolute atomic E-state index is 12.2. The number of fused-ring (bicyclic) bond motifs is 1. The number of aliphatic carboxylic acids is 1. The Labute approximate surface area is 127 Å². The Balaban J connectivity index is 1.83. The van der Waals surface area contributed by atoms with Gasteiger partial charge >= 0.3 is 5.97 Å². The Hall–Kier alpha value is -2.44. The quantitative estimate of drug-likeness (QED) is 0.874. The average molecular weight is 302 g/mol. The molecule has 7 nitrogen and oxygen atoms in total. The van der Waals surface area contributed by atoms with E-state index in [0.717, 1.165) is 18.2 Å². The van der Waals surface area contributed by atoms with Gasteiger partial charge in [0.25, 0.3) is 5.91 Å². The van der Waals surface area contributed by atoms with E-state index in [2.05, 4.69) is 15.4 Å². The van der Waals surface area contributed by atoms with Crippen molar-refractivity contribution in [2.75, 3.05) is 0 Å². The number of carbonyl (C=O) groups excluding carboxylic acids is 1. The van der Waals surface area contributed by atoms with Gasteiger partial charge in [-0.15, -0.1) is 0 Å². The molecule has 0 radical (unpaired) electrons. The molecule has 2 aromatic heterocycles. The van der Waals surface area contributed by atoms with E-state index in [4.69, 9.17) is 0 Å². The number of carboxylic acids is 1. The third-order valence-electron chi connectivity index (χ3n) is 3.83. The van der Waals surface area contributed by atoms with Crippen molar-refractivity contribution in [3.63, 3.8) is 0 Å². The van der Waals surface area contributed by atoms with Crippen LogP contribution in [-0.2, 0) is 4.79 Å². The third kappa shape index (κ3) is 2.66. The lowest BCUT2D eigenvalue weighted by molar-refractivity contribution is -0.139. The van der Waals surface area contributed by atoms with E-state index in [-0.39, 0.29) is 12.0 Å². The van der Waals surface area contributed by atoms with Crippen LogP contribution in [0.3, 0.4) is 0 Å². The fourth-order valence-corrected chi connectivity index (χ4v) is 2.48. The van der Waals surface area contributed by atoms with Crippen molar-refractivity contribution < 1.29 is 14.7 Å². The molecule has 1 fully saturated rings. The number of hydrogen-bond acceptors (Lipinski definition) is 4. The maximum Gasteiger partial charge on any atom is 0.326 e. The molecule has 22 heavy (non-hydrogen) atoms. The normalized spacial score (nSPS) is 16.0. The fraction of sp³-hybridized carbons (Fsp3) is 0.467. The highest BCUT2D eigenvalue weighted by Crippen LogP contribution is 2.32. The lowest BCUT2D eigenvalue weighted by Gasteiger charge is -2.13. The van der Waals surface area contributed by atoms with Gasteiger partial charge in [0.05, 0.1) is 11.8 Å². The van der Waals surface area contributed by atoms with Gasteiger partial charge in [0.2, 0.25) is 0 Å². The van der Waals surface area contributed by atoms with Crippen LogP contribution in [0.1, 0.15) is 43.1 Å². The average Bonchev–Trinajstić information content (AvgIpc) is 3.21. The van der Waals surface area contributed by atoms with Gasteiger partial charge in [-0.3, -0.25) is 4.79 Å². The predicted octanol–water partition coefficient (Wildman–Crippen LogP) is 1.61. The second-order valence-corrected chi connectivity index (χ2v) is 5.95. The number of hydrogen-bond donors (Lipinski definition) is 2. The molecular formula is C15H18N4O3. The summed E-state index contributed by atoms with van der Waals surface area (Å²) in [5.41, 5.74) is 1.06. The topological polar surface area (TPSA) is 97.1 Å². The van der Waals surface area contributed by atoms with Crippen LogP contribution in [0.4, 0.5) is 0 Å². The third-order valence-corrected chi connectivity index (χ3v) is 3.83. The van der Waals surface area contributed by atoms with Crippen molar-refractivity contribution in [1.82, 2.24) is 20.1 Å². The zero-order valence-electron chi connectivity index (χ0n) is 12.5. The summed E-state index contributed by atoms with van der Waals surface area (Å²) in [7, 11) is 0. The summed E-state index contributed by atoms with van der Waals surface area (Å²) in [6.45, 7) is 4.00. The number of rotatable bonds is 5. The monoisotopic (exact) mass is 302 g/mol. The van der Waals surface area contributed by atoms with Crippen molar-refractivity contribution in [1.29, 1.82) is 0 Å².